The van der Waals surface area contributed by atoms with Crippen LogP contribution in [0.4, 0.5) is 4.39 Å². The molecule has 0 saturated carbocycles. The maximum Gasteiger partial charge on any atom is 0.323 e. The van der Waals surface area contributed by atoms with Gasteiger partial charge in [0.2, 0.25) is 5.88 Å². The molecule has 1 aromatic carbocycles. The lowest BCUT2D eigenvalue weighted by atomic mass is 10.2. The van der Waals surface area contributed by atoms with E-state index in [4.69, 9.17) is 19.9 Å². The van der Waals surface area contributed by atoms with Crippen molar-refractivity contribution in [2.75, 3.05) is 6.61 Å². The molecule has 0 amide bonds. The molecule has 4 rings (SSSR count). The molecule has 3 heterocycles. The molecule has 0 fully saturated rings. The third-order valence-electron chi connectivity index (χ3n) is 4.95. The fourth-order valence-corrected chi connectivity index (χ4v) is 3.34. The van der Waals surface area contributed by atoms with Gasteiger partial charge in [0.05, 0.1) is 6.20 Å². The van der Waals surface area contributed by atoms with E-state index in [0.717, 1.165) is 5.69 Å². The molecule has 2 atom stereocenters. The summed E-state index contributed by atoms with van der Waals surface area (Å²) in [5.74, 6) is -0.228. The lowest BCUT2D eigenvalue weighted by Gasteiger charge is -2.15. The fraction of sp³-hybridized carbons (Fsp3) is 0.318. The lowest BCUT2D eigenvalue weighted by Crippen LogP contribution is -2.33. The summed E-state index contributed by atoms with van der Waals surface area (Å²) in [6.07, 6.45) is 2.48. The number of rotatable bonds is 7. The first kappa shape index (κ1) is 21.6. The Kier molecular flexibility index (Phi) is 5.70. The van der Waals surface area contributed by atoms with Crippen LogP contribution >= 0.6 is 0 Å². The van der Waals surface area contributed by atoms with E-state index in [1.807, 2.05) is 13.8 Å². The van der Waals surface area contributed by atoms with Gasteiger partial charge in [-0.25, -0.2) is 8.91 Å². The van der Waals surface area contributed by atoms with E-state index >= 15 is 0 Å². The molecule has 3 aromatic heterocycles. The molecule has 0 aliphatic rings. The second kappa shape index (κ2) is 8.46. The number of esters is 1. The van der Waals surface area contributed by atoms with Crippen LogP contribution in [0.15, 0.2) is 30.7 Å². The summed E-state index contributed by atoms with van der Waals surface area (Å²) in [5, 5.41) is 4.63. The molecule has 3 N–H and O–H groups in total. The van der Waals surface area contributed by atoms with Gasteiger partial charge >= 0.3 is 5.97 Å². The van der Waals surface area contributed by atoms with Crippen LogP contribution in [-0.2, 0) is 9.53 Å². The molecule has 0 saturated heterocycles. The van der Waals surface area contributed by atoms with Crippen molar-refractivity contribution >= 4 is 22.4 Å². The van der Waals surface area contributed by atoms with Crippen molar-refractivity contribution in [3.63, 3.8) is 0 Å². The number of ether oxygens (including phenoxy) is 3. The Morgan fingerprint density at radius 1 is 1.28 bits per heavy atom. The summed E-state index contributed by atoms with van der Waals surface area (Å²) < 4.78 is 33.4. The number of H-pyrrole nitrogens is 1. The normalized spacial score (nSPS) is 13.3. The Morgan fingerprint density at radius 3 is 2.81 bits per heavy atom. The number of fused-ring (bicyclic) bond motifs is 2. The minimum atomic E-state index is -0.707. The zero-order chi connectivity index (χ0) is 23.0. The molecule has 4 aromatic rings. The highest BCUT2D eigenvalue weighted by Gasteiger charge is 2.19. The van der Waals surface area contributed by atoms with Crippen molar-refractivity contribution in [1.82, 2.24) is 19.6 Å². The second-order valence-corrected chi connectivity index (χ2v) is 7.72. The van der Waals surface area contributed by atoms with Gasteiger partial charge in [-0.15, -0.1) is 0 Å². The van der Waals surface area contributed by atoms with Crippen molar-refractivity contribution in [2.24, 2.45) is 5.73 Å². The lowest BCUT2D eigenvalue weighted by molar-refractivity contribution is -0.150. The monoisotopic (exact) mass is 441 g/mol. The third-order valence-corrected chi connectivity index (χ3v) is 4.95. The van der Waals surface area contributed by atoms with E-state index in [9.17, 15) is 9.18 Å². The Balaban J connectivity index is 1.58. The number of carbonyl (C=O) groups is 1. The molecule has 9 nitrogen and oxygen atoms in total. The molecule has 0 aliphatic heterocycles. The largest absolute Gasteiger partial charge is 0.488 e. The molecular formula is C22H24FN5O4. The van der Waals surface area contributed by atoms with Crippen molar-refractivity contribution < 1.29 is 23.4 Å². The molecule has 32 heavy (non-hydrogen) atoms. The summed E-state index contributed by atoms with van der Waals surface area (Å²) in [6, 6.07) is 4.32. The summed E-state index contributed by atoms with van der Waals surface area (Å²) >= 11 is 0. The smallest absolute Gasteiger partial charge is 0.323 e. The molecule has 0 spiro atoms. The number of nitrogens with one attached hydrogen (secondary N) is 1. The first-order chi connectivity index (χ1) is 15.2. The Morgan fingerprint density at radius 2 is 2.06 bits per heavy atom. The number of carbonyl (C=O) groups excluding carboxylic acids is 1. The van der Waals surface area contributed by atoms with Crippen molar-refractivity contribution in [1.29, 1.82) is 0 Å². The van der Waals surface area contributed by atoms with Crippen LogP contribution in [-0.4, -0.2) is 44.3 Å². The van der Waals surface area contributed by atoms with E-state index in [1.54, 1.807) is 42.8 Å². The molecule has 0 bridgehead atoms. The Bertz CT molecular complexity index is 1300. The molecule has 168 valence electrons. The van der Waals surface area contributed by atoms with Crippen molar-refractivity contribution in [3.8, 4) is 17.4 Å². The highest BCUT2D eigenvalue weighted by Crippen LogP contribution is 2.34. The van der Waals surface area contributed by atoms with Gasteiger partial charge in [-0.1, -0.05) is 0 Å². The Hall–Kier alpha value is -3.66. The molecule has 0 aliphatic carbocycles. The van der Waals surface area contributed by atoms with Gasteiger partial charge in [-0.3, -0.25) is 4.79 Å². The maximum absolute atomic E-state index is 15.0. The van der Waals surface area contributed by atoms with Gasteiger partial charge < -0.3 is 24.9 Å². The molecule has 10 heteroatoms. The predicted molar refractivity (Wildman–Crippen MR) is 115 cm³/mol. The number of nitrogens with zero attached hydrogens (tertiary/aromatic N) is 3. The summed E-state index contributed by atoms with van der Waals surface area (Å²) in [6.45, 7) is 7.06. The van der Waals surface area contributed by atoms with Gasteiger partial charge in [0.1, 0.15) is 36.3 Å². The summed E-state index contributed by atoms with van der Waals surface area (Å²) in [5.41, 5.74) is 8.29. The van der Waals surface area contributed by atoms with Crippen LogP contribution in [0.3, 0.4) is 0 Å². The standard InChI is InChI=1S/C22H24FN5O4/c1-11-7-15-16(27-11)5-6-17(19(15)23)32-21-20-13(3)18(8-28(20)26-10-25-21)30-9-12(2)31-22(29)14(4)24/h5-8,10,12,14,27H,9,24H2,1-4H3/t12-,14?/m0/s1. The number of aryl methyl sites for hydroxylation is 2. The highest BCUT2D eigenvalue weighted by molar-refractivity contribution is 5.83. The van der Waals surface area contributed by atoms with Gasteiger partial charge in [-0.05, 0) is 45.9 Å². The number of benzene rings is 1. The van der Waals surface area contributed by atoms with Crippen LogP contribution in [0.25, 0.3) is 16.4 Å². The van der Waals surface area contributed by atoms with Crippen LogP contribution in [0.5, 0.6) is 17.4 Å². The van der Waals surface area contributed by atoms with Crippen molar-refractivity contribution in [2.45, 2.75) is 39.8 Å². The SMILES string of the molecule is Cc1cc2c(F)c(Oc3ncnn4cc(OC[C@H](C)OC(=O)C(C)N)c(C)c34)ccc2[nH]1. The zero-order valence-electron chi connectivity index (χ0n) is 18.2. The quantitative estimate of drug-likeness (QED) is 0.422. The number of aromatic amines is 1. The molecule has 1 unspecified atom stereocenters. The average Bonchev–Trinajstić information content (AvgIpc) is 3.29. The molecule has 0 radical (unpaired) electrons. The highest BCUT2D eigenvalue weighted by atomic mass is 19.1. The summed E-state index contributed by atoms with van der Waals surface area (Å²) in [4.78, 5) is 18.9. The van der Waals surface area contributed by atoms with Crippen LogP contribution in [0.1, 0.15) is 25.1 Å². The number of halogens is 1. The topological polar surface area (TPSA) is 117 Å². The zero-order valence-corrected chi connectivity index (χ0v) is 18.2. The fourth-order valence-electron chi connectivity index (χ4n) is 3.34. The first-order valence-electron chi connectivity index (χ1n) is 10.1. The Labute approximate surface area is 183 Å². The number of nitrogens with two attached hydrogens (primary N) is 1. The van der Waals surface area contributed by atoms with E-state index < -0.39 is 23.9 Å². The number of hydrogen-bond donors (Lipinski definition) is 2. The van der Waals surface area contributed by atoms with Gasteiger partial charge in [-0.2, -0.15) is 10.1 Å². The van der Waals surface area contributed by atoms with Gasteiger partial charge in [0.25, 0.3) is 0 Å². The van der Waals surface area contributed by atoms with Crippen LogP contribution in [0, 0.1) is 19.7 Å². The van der Waals surface area contributed by atoms with Crippen molar-refractivity contribution in [3.05, 3.63) is 47.8 Å². The van der Waals surface area contributed by atoms with E-state index in [-0.39, 0.29) is 18.2 Å². The summed E-state index contributed by atoms with van der Waals surface area (Å²) in [7, 11) is 0. The second-order valence-electron chi connectivity index (χ2n) is 7.72. The van der Waals surface area contributed by atoms with Crippen LogP contribution < -0.4 is 15.2 Å². The van der Waals surface area contributed by atoms with Gasteiger partial charge in [0.15, 0.2) is 11.6 Å². The van der Waals surface area contributed by atoms with Gasteiger partial charge in [0, 0.05) is 22.2 Å². The third kappa shape index (κ3) is 4.09. The molecular weight excluding hydrogens is 417 g/mol. The van der Waals surface area contributed by atoms with E-state index in [0.29, 0.717) is 27.7 Å². The van der Waals surface area contributed by atoms with Crippen LogP contribution in [0.2, 0.25) is 0 Å². The average molecular weight is 441 g/mol. The van der Waals surface area contributed by atoms with E-state index in [2.05, 4.69) is 15.1 Å². The number of aromatic nitrogens is 4. The first-order valence-corrected chi connectivity index (χ1v) is 10.1. The number of hydrogen-bond acceptors (Lipinski definition) is 7. The predicted octanol–water partition coefficient (Wildman–Crippen LogP) is 3.42. The minimum absolute atomic E-state index is 0.0524. The van der Waals surface area contributed by atoms with E-state index in [1.165, 1.54) is 6.33 Å². The minimum Gasteiger partial charge on any atom is -0.488 e. The maximum atomic E-state index is 15.0.